The maximum absolute atomic E-state index is 11.0. The molecule has 0 spiro atoms. The largest absolute Gasteiger partial charge is 0.284 e. The first-order chi connectivity index (χ1) is 6.68. The van der Waals surface area contributed by atoms with Crippen LogP contribution < -0.4 is 4.72 Å². The molecule has 0 saturated heterocycles. The molecule has 1 aromatic rings. The van der Waals surface area contributed by atoms with E-state index < -0.39 is 10.0 Å². The highest BCUT2D eigenvalue weighted by molar-refractivity contribution is 7.92. The lowest BCUT2D eigenvalue weighted by Crippen LogP contribution is -2.15. The molecule has 0 unspecified atom stereocenters. The Balaban J connectivity index is 3.04. The van der Waals surface area contributed by atoms with E-state index in [4.69, 9.17) is 0 Å². The molecule has 84 valence electrons. The summed E-state index contributed by atoms with van der Waals surface area (Å²) in [6, 6.07) is 3.39. The summed E-state index contributed by atoms with van der Waals surface area (Å²) in [6.07, 6.45) is 2.73. The molecule has 1 heterocycles. The van der Waals surface area contributed by atoms with Crippen molar-refractivity contribution in [3.63, 3.8) is 0 Å². The Bertz CT molecular complexity index is 447. The van der Waals surface area contributed by atoms with Crippen LogP contribution in [-0.4, -0.2) is 19.7 Å². The third-order valence-electron chi connectivity index (χ3n) is 1.83. The molecule has 5 heteroatoms. The third-order valence-corrected chi connectivity index (χ3v) is 2.44. The van der Waals surface area contributed by atoms with Gasteiger partial charge in [-0.15, -0.1) is 0 Å². The van der Waals surface area contributed by atoms with E-state index in [2.05, 4.69) is 9.71 Å². The number of sulfonamides is 1. The van der Waals surface area contributed by atoms with Crippen LogP contribution in [0.3, 0.4) is 0 Å². The SMILES string of the molecule is CC(C)(C)c1cc(NS(C)(=O)=O)ccn1. The zero-order valence-corrected chi connectivity index (χ0v) is 10.2. The molecule has 15 heavy (non-hydrogen) atoms. The van der Waals surface area contributed by atoms with Gasteiger partial charge < -0.3 is 0 Å². The monoisotopic (exact) mass is 228 g/mol. The van der Waals surface area contributed by atoms with Gasteiger partial charge in [0.2, 0.25) is 10.0 Å². The number of hydrogen-bond acceptors (Lipinski definition) is 3. The molecule has 0 aliphatic heterocycles. The Labute approximate surface area is 90.8 Å². The van der Waals surface area contributed by atoms with E-state index in [1.807, 2.05) is 20.8 Å². The molecule has 0 bridgehead atoms. The fraction of sp³-hybridized carbons (Fsp3) is 0.500. The van der Waals surface area contributed by atoms with E-state index in [1.165, 1.54) is 0 Å². The van der Waals surface area contributed by atoms with Gasteiger partial charge in [0.15, 0.2) is 0 Å². The highest BCUT2D eigenvalue weighted by Gasteiger charge is 2.15. The van der Waals surface area contributed by atoms with E-state index in [-0.39, 0.29) is 5.41 Å². The van der Waals surface area contributed by atoms with Crippen LogP contribution in [0.25, 0.3) is 0 Å². The van der Waals surface area contributed by atoms with Crippen molar-refractivity contribution in [3.8, 4) is 0 Å². The molecule has 4 nitrogen and oxygen atoms in total. The Morgan fingerprint density at radius 1 is 1.33 bits per heavy atom. The van der Waals surface area contributed by atoms with Crippen molar-refractivity contribution >= 4 is 15.7 Å². The summed E-state index contributed by atoms with van der Waals surface area (Å²) >= 11 is 0. The van der Waals surface area contributed by atoms with Crippen LogP contribution in [0.1, 0.15) is 26.5 Å². The maximum atomic E-state index is 11.0. The maximum Gasteiger partial charge on any atom is 0.229 e. The second-order valence-electron chi connectivity index (χ2n) is 4.55. The first kappa shape index (κ1) is 12.0. The smallest absolute Gasteiger partial charge is 0.229 e. The Morgan fingerprint density at radius 2 is 1.93 bits per heavy atom. The molecule has 0 aromatic carbocycles. The second kappa shape index (κ2) is 3.81. The van der Waals surface area contributed by atoms with Crippen molar-refractivity contribution in [2.24, 2.45) is 0 Å². The average Bonchev–Trinajstić information content (AvgIpc) is 1.99. The highest BCUT2D eigenvalue weighted by atomic mass is 32.2. The first-order valence-corrected chi connectivity index (χ1v) is 6.52. The zero-order chi connectivity index (χ0) is 11.7. The van der Waals surface area contributed by atoms with Crippen molar-refractivity contribution in [2.45, 2.75) is 26.2 Å². The van der Waals surface area contributed by atoms with E-state index in [0.717, 1.165) is 11.9 Å². The van der Waals surface area contributed by atoms with Crippen molar-refractivity contribution in [1.82, 2.24) is 4.98 Å². The summed E-state index contributed by atoms with van der Waals surface area (Å²) in [4.78, 5) is 4.21. The minimum absolute atomic E-state index is 0.0881. The van der Waals surface area contributed by atoms with Crippen molar-refractivity contribution in [3.05, 3.63) is 24.0 Å². The average molecular weight is 228 g/mol. The lowest BCUT2D eigenvalue weighted by atomic mass is 9.91. The summed E-state index contributed by atoms with van der Waals surface area (Å²) in [5.74, 6) is 0. The molecule has 0 aliphatic rings. The fourth-order valence-corrected chi connectivity index (χ4v) is 1.67. The van der Waals surface area contributed by atoms with Gasteiger partial charge in [-0.05, 0) is 12.1 Å². The standard InChI is InChI=1S/C10H16N2O2S/c1-10(2,3)9-7-8(5-6-11-9)12-15(4,13)14/h5-7H,1-4H3,(H,11,12). The minimum atomic E-state index is -3.22. The van der Waals surface area contributed by atoms with Crippen molar-refractivity contribution in [2.75, 3.05) is 11.0 Å². The first-order valence-electron chi connectivity index (χ1n) is 4.63. The summed E-state index contributed by atoms with van der Waals surface area (Å²) in [5, 5.41) is 0. The van der Waals surface area contributed by atoms with Crippen LogP contribution in [0.4, 0.5) is 5.69 Å². The third kappa shape index (κ3) is 3.87. The summed E-state index contributed by atoms with van der Waals surface area (Å²) < 4.78 is 24.5. The second-order valence-corrected chi connectivity index (χ2v) is 6.30. The zero-order valence-electron chi connectivity index (χ0n) is 9.40. The van der Waals surface area contributed by atoms with Crippen LogP contribution in [0.5, 0.6) is 0 Å². The van der Waals surface area contributed by atoms with E-state index in [0.29, 0.717) is 5.69 Å². The molecule has 0 fully saturated rings. The van der Waals surface area contributed by atoms with Gasteiger partial charge in [-0.3, -0.25) is 9.71 Å². The molecule has 0 aliphatic carbocycles. The molecule has 0 atom stereocenters. The summed E-state index contributed by atoms with van der Waals surface area (Å²) in [6.45, 7) is 6.08. The lowest BCUT2D eigenvalue weighted by Gasteiger charge is -2.18. The predicted molar refractivity (Wildman–Crippen MR) is 61.4 cm³/mol. The van der Waals surface area contributed by atoms with Gasteiger partial charge in [-0.1, -0.05) is 20.8 Å². The molecule has 0 amide bonds. The lowest BCUT2D eigenvalue weighted by molar-refractivity contribution is 0.569. The molecule has 1 aromatic heterocycles. The number of rotatable bonds is 2. The van der Waals surface area contributed by atoms with Gasteiger partial charge in [0.25, 0.3) is 0 Å². The number of aromatic nitrogens is 1. The molecule has 1 N–H and O–H groups in total. The van der Waals surface area contributed by atoms with Gasteiger partial charge >= 0.3 is 0 Å². The number of anilines is 1. The van der Waals surface area contributed by atoms with Crippen LogP contribution in [0.15, 0.2) is 18.3 Å². The number of hydrogen-bond donors (Lipinski definition) is 1. The molecule has 1 rings (SSSR count). The predicted octanol–water partition coefficient (Wildman–Crippen LogP) is 1.75. The number of pyridine rings is 1. The quantitative estimate of drug-likeness (QED) is 0.839. The Hall–Kier alpha value is -1.10. The van der Waals surface area contributed by atoms with Crippen LogP contribution in [0.2, 0.25) is 0 Å². The van der Waals surface area contributed by atoms with E-state index >= 15 is 0 Å². The van der Waals surface area contributed by atoms with Gasteiger partial charge in [0.05, 0.1) is 11.9 Å². The normalized spacial score (nSPS) is 12.5. The number of nitrogens with zero attached hydrogens (tertiary/aromatic N) is 1. The van der Waals surface area contributed by atoms with Gasteiger partial charge in [-0.2, -0.15) is 0 Å². The number of nitrogens with one attached hydrogen (secondary N) is 1. The topological polar surface area (TPSA) is 59.1 Å². The molecule has 0 radical (unpaired) electrons. The van der Waals surface area contributed by atoms with Crippen LogP contribution >= 0.6 is 0 Å². The molecule has 0 saturated carbocycles. The van der Waals surface area contributed by atoms with Gasteiger partial charge in [0, 0.05) is 17.3 Å². The molecular formula is C10H16N2O2S. The van der Waals surface area contributed by atoms with Crippen LogP contribution in [0, 0.1) is 0 Å². The van der Waals surface area contributed by atoms with E-state index in [1.54, 1.807) is 18.3 Å². The van der Waals surface area contributed by atoms with Crippen molar-refractivity contribution < 1.29 is 8.42 Å². The fourth-order valence-electron chi connectivity index (χ4n) is 1.12. The highest BCUT2D eigenvalue weighted by Crippen LogP contribution is 2.22. The van der Waals surface area contributed by atoms with Gasteiger partial charge in [-0.25, -0.2) is 8.42 Å². The van der Waals surface area contributed by atoms with Crippen molar-refractivity contribution in [1.29, 1.82) is 0 Å². The van der Waals surface area contributed by atoms with Gasteiger partial charge in [0.1, 0.15) is 0 Å². The summed E-state index contributed by atoms with van der Waals surface area (Å²) in [7, 11) is -3.22. The van der Waals surface area contributed by atoms with E-state index in [9.17, 15) is 8.42 Å². The summed E-state index contributed by atoms with van der Waals surface area (Å²) in [5.41, 5.74) is 1.32. The Kier molecular flexibility index (Phi) is 3.04. The molecular weight excluding hydrogens is 212 g/mol. The Morgan fingerprint density at radius 3 is 2.40 bits per heavy atom. The minimum Gasteiger partial charge on any atom is -0.284 e. The van der Waals surface area contributed by atoms with Crippen LogP contribution in [-0.2, 0) is 15.4 Å².